The molecule has 1 heterocycles. The highest BCUT2D eigenvalue weighted by molar-refractivity contribution is 7.89. The van der Waals surface area contributed by atoms with E-state index in [4.69, 9.17) is 4.74 Å². The van der Waals surface area contributed by atoms with Crippen LogP contribution in [0.4, 0.5) is 0 Å². The second kappa shape index (κ2) is 10.5. The lowest BCUT2D eigenvalue weighted by atomic mass is 9.98. The summed E-state index contributed by atoms with van der Waals surface area (Å²) in [6, 6.07) is 5.94. The van der Waals surface area contributed by atoms with Crippen molar-refractivity contribution in [2.75, 3.05) is 26.2 Å². The highest BCUT2D eigenvalue weighted by Gasteiger charge is 2.33. The molecule has 2 rings (SSSR count). The molecule has 0 aliphatic carbocycles. The first kappa shape index (κ1) is 23.0. The van der Waals surface area contributed by atoms with E-state index < -0.39 is 21.9 Å². The van der Waals surface area contributed by atoms with Gasteiger partial charge in [0, 0.05) is 25.2 Å². The summed E-state index contributed by atoms with van der Waals surface area (Å²) >= 11 is 0. The molecule has 1 saturated heterocycles. The van der Waals surface area contributed by atoms with Crippen LogP contribution in [-0.4, -0.2) is 56.6 Å². The Hall–Kier alpha value is -2.26. The van der Waals surface area contributed by atoms with Gasteiger partial charge in [0.1, 0.15) is 0 Å². The van der Waals surface area contributed by atoms with Gasteiger partial charge in [0.05, 0.1) is 10.8 Å². The van der Waals surface area contributed by atoms with Gasteiger partial charge in [0.25, 0.3) is 5.91 Å². The zero-order chi connectivity index (χ0) is 21.4. The number of unbranched alkanes of at least 4 members (excludes halogenated alkanes) is 1. The number of hydrogen-bond donors (Lipinski definition) is 1. The summed E-state index contributed by atoms with van der Waals surface area (Å²) in [5, 5.41) is 2.67. The number of Topliss-reactive ketones (excluding diaryl/α,β-unsaturated/α-hetero) is 1. The van der Waals surface area contributed by atoms with Gasteiger partial charge in [-0.3, -0.25) is 14.4 Å². The molecule has 0 saturated carbocycles. The lowest BCUT2D eigenvalue weighted by molar-refractivity contribution is -0.153. The van der Waals surface area contributed by atoms with E-state index >= 15 is 0 Å². The number of amides is 1. The Morgan fingerprint density at radius 1 is 1.21 bits per heavy atom. The number of ketones is 1. The maximum Gasteiger partial charge on any atom is 0.309 e. The third-order valence-electron chi connectivity index (χ3n) is 4.86. The molecule has 9 heteroatoms. The van der Waals surface area contributed by atoms with E-state index in [-0.39, 0.29) is 36.3 Å². The van der Waals surface area contributed by atoms with E-state index in [2.05, 4.69) is 5.32 Å². The fraction of sp³-hybridized carbons (Fsp3) is 0.550. The molecule has 0 aromatic heterocycles. The number of rotatable bonds is 9. The number of carbonyl (C=O) groups is 3. The SMILES string of the molecule is CCCCNC(=O)COC(=O)C1CCN(S(=O)(=O)c2cccc(C(C)=O)c2)CC1. The summed E-state index contributed by atoms with van der Waals surface area (Å²) in [7, 11) is -3.74. The quantitative estimate of drug-likeness (QED) is 0.367. The van der Waals surface area contributed by atoms with E-state index in [0.717, 1.165) is 12.8 Å². The third kappa shape index (κ3) is 6.37. The molecule has 0 spiro atoms. The van der Waals surface area contributed by atoms with E-state index in [9.17, 15) is 22.8 Å². The first-order valence-corrected chi connectivity index (χ1v) is 11.2. The Balaban J connectivity index is 1.88. The van der Waals surface area contributed by atoms with Gasteiger partial charge in [-0.05, 0) is 38.3 Å². The van der Waals surface area contributed by atoms with Gasteiger partial charge in [-0.2, -0.15) is 4.31 Å². The smallest absolute Gasteiger partial charge is 0.309 e. The number of esters is 1. The average molecular weight is 425 g/mol. The summed E-state index contributed by atoms with van der Waals surface area (Å²) in [6.45, 7) is 3.97. The molecule has 1 fully saturated rings. The van der Waals surface area contributed by atoms with Crippen molar-refractivity contribution < 1.29 is 27.5 Å². The molecule has 1 aliphatic rings. The van der Waals surface area contributed by atoms with Crippen LogP contribution in [-0.2, 0) is 24.3 Å². The van der Waals surface area contributed by atoms with Crippen LogP contribution in [0.5, 0.6) is 0 Å². The number of sulfonamides is 1. The number of benzene rings is 1. The zero-order valence-electron chi connectivity index (χ0n) is 16.8. The second-order valence-corrected chi connectivity index (χ2v) is 9.01. The van der Waals surface area contributed by atoms with Crippen molar-refractivity contribution in [2.45, 2.75) is 44.4 Å². The number of piperidine rings is 1. The number of ether oxygens (including phenoxy) is 1. The maximum absolute atomic E-state index is 12.8. The number of carbonyl (C=O) groups excluding carboxylic acids is 3. The Morgan fingerprint density at radius 2 is 1.90 bits per heavy atom. The van der Waals surface area contributed by atoms with Crippen molar-refractivity contribution in [1.82, 2.24) is 9.62 Å². The van der Waals surface area contributed by atoms with Gasteiger partial charge in [-0.1, -0.05) is 25.5 Å². The van der Waals surface area contributed by atoms with Crippen LogP contribution in [0.2, 0.25) is 0 Å². The topological polar surface area (TPSA) is 110 Å². The normalized spacial score (nSPS) is 15.7. The van der Waals surface area contributed by atoms with Gasteiger partial charge >= 0.3 is 5.97 Å². The number of nitrogens with one attached hydrogen (secondary N) is 1. The van der Waals surface area contributed by atoms with Gasteiger partial charge in [0.2, 0.25) is 10.0 Å². The van der Waals surface area contributed by atoms with Gasteiger partial charge < -0.3 is 10.1 Å². The minimum atomic E-state index is -3.74. The molecule has 0 bridgehead atoms. The monoisotopic (exact) mass is 424 g/mol. The molecular formula is C20H28N2O6S. The largest absolute Gasteiger partial charge is 0.455 e. The Morgan fingerprint density at radius 3 is 2.52 bits per heavy atom. The van der Waals surface area contributed by atoms with Crippen LogP contribution in [0, 0.1) is 5.92 Å². The summed E-state index contributed by atoms with van der Waals surface area (Å²) in [5.74, 6) is -1.46. The average Bonchev–Trinajstić information content (AvgIpc) is 2.72. The summed E-state index contributed by atoms with van der Waals surface area (Å²) in [4.78, 5) is 35.4. The molecule has 8 nitrogen and oxygen atoms in total. The Labute approximate surface area is 171 Å². The highest BCUT2D eigenvalue weighted by atomic mass is 32.2. The summed E-state index contributed by atoms with van der Waals surface area (Å²) in [5.41, 5.74) is 0.335. The lowest BCUT2D eigenvalue weighted by Crippen LogP contribution is -2.41. The van der Waals surface area contributed by atoms with E-state index in [0.29, 0.717) is 24.9 Å². The Bertz CT molecular complexity index is 844. The standard InChI is InChI=1S/C20H28N2O6S/c1-3-4-10-21-19(24)14-28-20(25)16-8-11-22(12-9-16)29(26,27)18-7-5-6-17(13-18)15(2)23/h5-7,13,16H,3-4,8-12,14H2,1-2H3,(H,21,24). The molecule has 1 N–H and O–H groups in total. The molecule has 1 aromatic rings. The van der Waals surface area contributed by atoms with Gasteiger partial charge in [0.15, 0.2) is 12.4 Å². The number of hydrogen-bond acceptors (Lipinski definition) is 6. The fourth-order valence-electron chi connectivity index (χ4n) is 3.07. The van der Waals surface area contributed by atoms with Crippen molar-refractivity contribution >= 4 is 27.7 Å². The molecule has 1 aromatic carbocycles. The van der Waals surface area contributed by atoms with Crippen LogP contribution in [0.25, 0.3) is 0 Å². The van der Waals surface area contributed by atoms with Crippen molar-refractivity contribution in [2.24, 2.45) is 5.92 Å². The van der Waals surface area contributed by atoms with Crippen molar-refractivity contribution in [3.05, 3.63) is 29.8 Å². The second-order valence-electron chi connectivity index (χ2n) is 7.07. The first-order valence-electron chi connectivity index (χ1n) is 9.80. The van der Waals surface area contributed by atoms with Crippen LogP contribution in [0.1, 0.15) is 49.9 Å². The van der Waals surface area contributed by atoms with Gasteiger partial charge in [-0.25, -0.2) is 8.42 Å². The predicted molar refractivity (Wildman–Crippen MR) is 107 cm³/mol. The van der Waals surface area contributed by atoms with Crippen molar-refractivity contribution in [1.29, 1.82) is 0 Å². The minimum absolute atomic E-state index is 0.0648. The fourth-order valence-corrected chi connectivity index (χ4v) is 4.58. The molecule has 1 amide bonds. The van der Waals surface area contributed by atoms with Crippen LogP contribution >= 0.6 is 0 Å². The maximum atomic E-state index is 12.8. The van der Waals surface area contributed by atoms with E-state index in [1.165, 1.54) is 23.4 Å². The lowest BCUT2D eigenvalue weighted by Gasteiger charge is -2.30. The van der Waals surface area contributed by atoms with Crippen LogP contribution in [0.15, 0.2) is 29.2 Å². The van der Waals surface area contributed by atoms with Crippen LogP contribution in [0.3, 0.4) is 0 Å². The summed E-state index contributed by atoms with van der Waals surface area (Å²) < 4.78 is 32.0. The van der Waals surface area contributed by atoms with Gasteiger partial charge in [-0.15, -0.1) is 0 Å². The van der Waals surface area contributed by atoms with E-state index in [1.807, 2.05) is 6.92 Å². The van der Waals surface area contributed by atoms with Crippen molar-refractivity contribution in [3.63, 3.8) is 0 Å². The molecular weight excluding hydrogens is 396 g/mol. The van der Waals surface area contributed by atoms with E-state index in [1.54, 1.807) is 12.1 Å². The molecule has 29 heavy (non-hydrogen) atoms. The molecule has 0 radical (unpaired) electrons. The molecule has 160 valence electrons. The zero-order valence-corrected chi connectivity index (χ0v) is 17.7. The first-order chi connectivity index (χ1) is 13.8. The van der Waals surface area contributed by atoms with Crippen LogP contribution < -0.4 is 5.32 Å². The molecule has 0 atom stereocenters. The molecule has 0 unspecified atom stereocenters. The third-order valence-corrected chi connectivity index (χ3v) is 6.76. The molecule has 1 aliphatic heterocycles. The summed E-state index contributed by atoms with van der Waals surface area (Å²) in [6.07, 6.45) is 2.46. The van der Waals surface area contributed by atoms with Crippen molar-refractivity contribution in [3.8, 4) is 0 Å². The number of nitrogens with zero attached hydrogens (tertiary/aromatic N) is 1. The Kier molecular flexibility index (Phi) is 8.33. The minimum Gasteiger partial charge on any atom is -0.455 e. The predicted octanol–water partition coefficient (Wildman–Crippen LogP) is 1.75. The highest BCUT2D eigenvalue weighted by Crippen LogP contribution is 2.25.